The maximum absolute atomic E-state index is 11.9. The van der Waals surface area contributed by atoms with Crippen molar-refractivity contribution in [3.05, 3.63) is 0 Å². The van der Waals surface area contributed by atoms with Crippen LogP contribution in [0.15, 0.2) is 0 Å². The van der Waals surface area contributed by atoms with Crippen molar-refractivity contribution in [1.82, 2.24) is 10.2 Å². The van der Waals surface area contributed by atoms with Crippen molar-refractivity contribution in [3.63, 3.8) is 0 Å². The van der Waals surface area contributed by atoms with Crippen LogP contribution in [-0.2, 0) is 4.79 Å². The molecule has 1 N–H and O–H groups in total. The van der Waals surface area contributed by atoms with Crippen molar-refractivity contribution in [2.24, 2.45) is 11.8 Å². The summed E-state index contributed by atoms with van der Waals surface area (Å²) < 4.78 is 0. The second-order valence-electron chi connectivity index (χ2n) is 4.68. The maximum Gasteiger partial charge on any atom is 0.228 e. The van der Waals surface area contributed by atoms with Gasteiger partial charge in [0.1, 0.15) is 0 Å². The number of nitrogens with zero attached hydrogens (tertiary/aromatic N) is 1. The third kappa shape index (κ3) is 1.10. The molecule has 1 aliphatic carbocycles. The van der Waals surface area contributed by atoms with Crippen LogP contribution in [0, 0.1) is 11.8 Å². The highest BCUT2D eigenvalue weighted by Crippen LogP contribution is 2.38. The molecule has 0 spiro atoms. The van der Waals surface area contributed by atoms with Crippen LogP contribution in [0.5, 0.6) is 0 Å². The summed E-state index contributed by atoms with van der Waals surface area (Å²) in [5.74, 6) is 1.56. The molecule has 3 nitrogen and oxygen atoms in total. The molecule has 2 aliphatic heterocycles. The number of piperidine rings is 1. The summed E-state index contributed by atoms with van der Waals surface area (Å²) in [5.41, 5.74) is 0. The fourth-order valence-corrected chi connectivity index (χ4v) is 2.89. The molecule has 2 heterocycles. The molecular formula is C10H16N2O. The van der Waals surface area contributed by atoms with Gasteiger partial charge >= 0.3 is 0 Å². The average Bonchev–Trinajstić information content (AvgIpc) is 2.59. The van der Waals surface area contributed by atoms with Crippen LogP contribution in [0.4, 0.5) is 0 Å². The summed E-state index contributed by atoms with van der Waals surface area (Å²) in [4.78, 5) is 14.1. The first-order valence-corrected chi connectivity index (χ1v) is 5.36. The molecule has 0 aromatic heterocycles. The van der Waals surface area contributed by atoms with E-state index in [-0.39, 0.29) is 0 Å². The topological polar surface area (TPSA) is 32.3 Å². The summed E-state index contributed by atoms with van der Waals surface area (Å²) in [5, 5.41) is 3.16. The van der Waals surface area contributed by atoms with Gasteiger partial charge in [-0.15, -0.1) is 0 Å². The Kier molecular flexibility index (Phi) is 1.62. The lowest BCUT2D eigenvalue weighted by atomic mass is 10.00. The molecule has 72 valence electrons. The number of amides is 1. The van der Waals surface area contributed by atoms with Crippen LogP contribution in [0.1, 0.15) is 19.3 Å². The van der Waals surface area contributed by atoms with Gasteiger partial charge in [0.25, 0.3) is 0 Å². The van der Waals surface area contributed by atoms with Gasteiger partial charge in [0, 0.05) is 25.7 Å². The first-order chi connectivity index (χ1) is 6.34. The van der Waals surface area contributed by atoms with Crippen molar-refractivity contribution in [1.29, 1.82) is 0 Å². The number of likely N-dealkylation sites (tertiary alicyclic amines) is 1. The zero-order valence-electron chi connectivity index (χ0n) is 7.83. The van der Waals surface area contributed by atoms with Crippen molar-refractivity contribution < 1.29 is 4.79 Å². The molecule has 0 aromatic rings. The number of fused-ring (bicyclic) bond motifs is 2. The zero-order chi connectivity index (χ0) is 8.84. The van der Waals surface area contributed by atoms with Crippen LogP contribution in [0.25, 0.3) is 0 Å². The first-order valence-electron chi connectivity index (χ1n) is 5.36. The lowest BCUT2D eigenvalue weighted by molar-refractivity contribution is -0.138. The minimum absolute atomic E-state index is 0.305. The molecule has 3 aliphatic rings. The number of nitrogens with one attached hydrogen (secondary N) is 1. The Morgan fingerprint density at radius 1 is 1.31 bits per heavy atom. The van der Waals surface area contributed by atoms with Gasteiger partial charge < -0.3 is 10.2 Å². The second kappa shape index (κ2) is 2.71. The molecule has 13 heavy (non-hydrogen) atoms. The number of rotatable bonds is 1. The summed E-state index contributed by atoms with van der Waals surface area (Å²) in [6.07, 6.45) is 3.90. The minimum atomic E-state index is 0.305. The van der Waals surface area contributed by atoms with Gasteiger partial charge in [0.05, 0.1) is 5.92 Å². The maximum atomic E-state index is 11.9. The van der Waals surface area contributed by atoms with E-state index < -0.39 is 0 Å². The summed E-state index contributed by atoms with van der Waals surface area (Å²) >= 11 is 0. The van der Waals surface area contributed by atoms with Crippen molar-refractivity contribution in [2.75, 3.05) is 19.6 Å². The Morgan fingerprint density at radius 3 is 2.62 bits per heavy atom. The Morgan fingerprint density at radius 2 is 2.15 bits per heavy atom. The van der Waals surface area contributed by atoms with E-state index in [9.17, 15) is 4.79 Å². The molecule has 3 heteroatoms. The van der Waals surface area contributed by atoms with Crippen LogP contribution in [0.3, 0.4) is 0 Å². The normalized spacial score (nSPS) is 38.0. The van der Waals surface area contributed by atoms with Crippen LogP contribution in [0.2, 0.25) is 0 Å². The summed E-state index contributed by atoms with van der Waals surface area (Å²) in [6.45, 7) is 2.87. The van der Waals surface area contributed by atoms with Gasteiger partial charge in [-0.2, -0.15) is 0 Å². The van der Waals surface area contributed by atoms with E-state index in [2.05, 4.69) is 10.2 Å². The zero-order valence-corrected chi connectivity index (χ0v) is 7.83. The predicted molar refractivity (Wildman–Crippen MR) is 49.2 cm³/mol. The lowest BCUT2D eigenvalue weighted by Crippen LogP contribution is -2.53. The largest absolute Gasteiger partial charge is 0.339 e. The number of carbonyl (C=O) groups excluding carboxylic acids is 1. The molecule has 3 rings (SSSR count). The highest BCUT2D eigenvalue weighted by atomic mass is 16.2. The first kappa shape index (κ1) is 7.80. The van der Waals surface area contributed by atoms with Crippen molar-refractivity contribution in [2.45, 2.75) is 25.3 Å². The van der Waals surface area contributed by atoms with E-state index in [1.54, 1.807) is 0 Å². The van der Waals surface area contributed by atoms with Crippen LogP contribution >= 0.6 is 0 Å². The molecule has 0 radical (unpaired) electrons. The van der Waals surface area contributed by atoms with Gasteiger partial charge in [-0.25, -0.2) is 0 Å². The molecule has 1 saturated carbocycles. The summed E-state index contributed by atoms with van der Waals surface area (Å²) in [7, 11) is 0. The Bertz CT molecular complexity index is 237. The number of carbonyl (C=O) groups is 1. The highest BCUT2D eigenvalue weighted by Gasteiger charge is 2.42. The van der Waals surface area contributed by atoms with Gasteiger partial charge in [-0.3, -0.25) is 4.79 Å². The second-order valence-corrected chi connectivity index (χ2v) is 4.68. The highest BCUT2D eigenvalue weighted by molar-refractivity contribution is 5.81. The molecule has 2 atom stereocenters. The van der Waals surface area contributed by atoms with Gasteiger partial charge in [0.15, 0.2) is 0 Å². The van der Waals surface area contributed by atoms with Crippen molar-refractivity contribution >= 4 is 5.91 Å². The fraction of sp³-hybridized carbons (Fsp3) is 0.900. The molecule has 2 bridgehead atoms. The SMILES string of the molecule is O=C(C1CNC1)N1CC2CCC1C2. The van der Waals surface area contributed by atoms with E-state index in [1.807, 2.05) is 0 Å². The molecule has 3 fully saturated rings. The quantitative estimate of drug-likeness (QED) is 0.626. The standard InChI is InChI=1S/C10H16N2O/c13-10(8-4-11-5-8)12-6-7-1-2-9(12)3-7/h7-9,11H,1-6H2. The number of hydrogen-bond donors (Lipinski definition) is 1. The Balaban J connectivity index is 1.68. The Hall–Kier alpha value is -0.570. The average molecular weight is 180 g/mol. The van der Waals surface area contributed by atoms with Crippen molar-refractivity contribution in [3.8, 4) is 0 Å². The lowest BCUT2D eigenvalue weighted by Gasteiger charge is -2.34. The van der Waals surface area contributed by atoms with Gasteiger partial charge in [0.2, 0.25) is 5.91 Å². The third-order valence-electron chi connectivity index (χ3n) is 3.82. The smallest absolute Gasteiger partial charge is 0.228 e. The molecule has 0 aromatic carbocycles. The van der Waals surface area contributed by atoms with Crippen LogP contribution < -0.4 is 5.32 Å². The molecular weight excluding hydrogens is 164 g/mol. The monoisotopic (exact) mass is 180 g/mol. The van der Waals surface area contributed by atoms with Gasteiger partial charge in [-0.1, -0.05) is 0 Å². The van der Waals surface area contributed by atoms with Crippen LogP contribution in [-0.4, -0.2) is 36.5 Å². The predicted octanol–water partition coefficient (Wildman–Crippen LogP) is 0.217. The van der Waals surface area contributed by atoms with E-state index in [4.69, 9.17) is 0 Å². The molecule has 1 amide bonds. The summed E-state index contributed by atoms with van der Waals surface area (Å²) in [6, 6.07) is 0.609. The van der Waals surface area contributed by atoms with Gasteiger partial charge in [-0.05, 0) is 25.2 Å². The minimum Gasteiger partial charge on any atom is -0.339 e. The van der Waals surface area contributed by atoms with E-state index >= 15 is 0 Å². The van der Waals surface area contributed by atoms with E-state index in [1.165, 1.54) is 19.3 Å². The van der Waals surface area contributed by atoms with E-state index in [0.717, 1.165) is 25.6 Å². The molecule has 2 saturated heterocycles. The fourth-order valence-electron chi connectivity index (χ4n) is 2.89. The third-order valence-corrected chi connectivity index (χ3v) is 3.82. The van der Waals surface area contributed by atoms with E-state index in [0.29, 0.717) is 17.9 Å². The number of hydrogen-bond acceptors (Lipinski definition) is 2. The molecule has 2 unspecified atom stereocenters. The Labute approximate surface area is 78.5 Å².